The van der Waals surface area contributed by atoms with Crippen molar-refractivity contribution in [2.75, 3.05) is 0 Å². The molecule has 1 amide bonds. The van der Waals surface area contributed by atoms with Crippen molar-refractivity contribution in [1.82, 2.24) is 25.1 Å². The van der Waals surface area contributed by atoms with Crippen molar-refractivity contribution in [3.05, 3.63) is 66.5 Å². The van der Waals surface area contributed by atoms with Crippen molar-refractivity contribution >= 4 is 17.0 Å². The molecule has 0 aliphatic carbocycles. The molecule has 1 unspecified atom stereocenters. The zero-order chi connectivity index (χ0) is 18.8. The zero-order valence-electron chi connectivity index (χ0n) is 14.5. The fourth-order valence-corrected chi connectivity index (χ4v) is 2.77. The molecule has 8 heteroatoms. The third-order valence-corrected chi connectivity index (χ3v) is 4.03. The highest BCUT2D eigenvalue weighted by Crippen LogP contribution is 2.25. The van der Waals surface area contributed by atoms with Crippen LogP contribution in [0.4, 0.5) is 4.39 Å². The Labute approximate surface area is 153 Å². The van der Waals surface area contributed by atoms with Gasteiger partial charge in [0.05, 0.1) is 6.54 Å². The number of nitrogens with zero attached hydrogens (tertiary/aromatic N) is 4. The third kappa shape index (κ3) is 3.69. The van der Waals surface area contributed by atoms with Crippen LogP contribution in [0.25, 0.3) is 22.6 Å². The van der Waals surface area contributed by atoms with Gasteiger partial charge in [-0.15, -0.1) is 0 Å². The minimum absolute atomic E-state index is 0.130. The van der Waals surface area contributed by atoms with E-state index < -0.39 is 0 Å². The number of hydrogen-bond acceptors (Lipinski definition) is 5. The van der Waals surface area contributed by atoms with Crippen molar-refractivity contribution < 1.29 is 13.6 Å². The molecule has 0 spiro atoms. The van der Waals surface area contributed by atoms with Gasteiger partial charge in [-0.05, 0) is 43.3 Å². The van der Waals surface area contributed by atoms with Crippen molar-refractivity contribution in [2.45, 2.75) is 19.5 Å². The standard InChI is InChI=1S/C19H16FN5O2/c1-12(9-25-11-21-10-22-25)23-18(26)13-5-6-17-16(8-13)24-19(27-17)14-3-2-4-15(20)7-14/h2-8,10-12H,9H2,1H3,(H,23,26). The lowest BCUT2D eigenvalue weighted by Gasteiger charge is -2.13. The average Bonchev–Trinajstić information content (AvgIpc) is 3.30. The quantitative estimate of drug-likeness (QED) is 0.587. The first-order valence-corrected chi connectivity index (χ1v) is 8.38. The van der Waals surface area contributed by atoms with Crippen LogP contribution < -0.4 is 5.32 Å². The topological polar surface area (TPSA) is 85.8 Å². The molecule has 136 valence electrons. The van der Waals surface area contributed by atoms with Crippen LogP contribution in [0.2, 0.25) is 0 Å². The summed E-state index contributed by atoms with van der Waals surface area (Å²) < 4.78 is 20.7. The molecule has 4 rings (SSSR count). The van der Waals surface area contributed by atoms with Crippen molar-refractivity contribution in [1.29, 1.82) is 0 Å². The largest absolute Gasteiger partial charge is 0.436 e. The van der Waals surface area contributed by atoms with E-state index in [1.807, 2.05) is 6.92 Å². The first-order valence-electron chi connectivity index (χ1n) is 8.38. The smallest absolute Gasteiger partial charge is 0.251 e. The van der Waals surface area contributed by atoms with Crippen LogP contribution in [-0.2, 0) is 6.54 Å². The Hall–Kier alpha value is -3.55. The summed E-state index contributed by atoms with van der Waals surface area (Å²) in [4.78, 5) is 20.7. The molecule has 2 aromatic carbocycles. The second-order valence-electron chi connectivity index (χ2n) is 6.20. The number of amides is 1. The Bertz CT molecular complexity index is 1090. The van der Waals surface area contributed by atoms with Gasteiger partial charge in [0.2, 0.25) is 5.89 Å². The second kappa shape index (κ2) is 6.99. The number of hydrogen-bond donors (Lipinski definition) is 1. The van der Waals surface area contributed by atoms with Crippen molar-refractivity contribution in [2.24, 2.45) is 0 Å². The summed E-state index contributed by atoms with van der Waals surface area (Å²) >= 11 is 0. The number of aromatic nitrogens is 4. The minimum atomic E-state index is -0.365. The Morgan fingerprint density at radius 3 is 2.96 bits per heavy atom. The predicted molar refractivity (Wildman–Crippen MR) is 96.4 cm³/mol. The maximum atomic E-state index is 13.4. The van der Waals surface area contributed by atoms with Gasteiger partial charge in [-0.2, -0.15) is 5.10 Å². The van der Waals surface area contributed by atoms with Crippen LogP contribution in [0.3, 0.4) is 0 Å². The lowest BCUT2D eigenvalue weighted by molar-refractivity contribution is 0.0936. The Morgan fingerprint density at radius 2 is 2.19 bits per heavy atom. The van der Waals surface area contributed by atoms with Crippen LogP contribution in [0.1, 0.15) is 17.3 Å². The number of carbonyl (C=O) groups is 1. The Morgan fingerprint density at radius 1 is 1.30 bits per heavy atom. The molecule has 4 aromatic rings. The number of fused-ring (bicyclic) bond motifs is 1. The van der Waals surface area contributed by atoms with E-state index in [1.54, 1.807) is 41.3 Å². The van der Waals surface area contributed by atoms with Gasteiger partial charge in [0.1, 0.15) is 24.0 Å². The fraction of sp³-hybridized carbons (Fsp3) is 0.158. The van der Waals surface area contributed by atoms with E-state index in [-0.39, 0.29) is 17.8 Å². The monoisotopic (exact) mass is 365 g/mol. The molecule has 0 saturated carbocycles. The molecule has 0 aliphatic rings. The molecule has 0 saturated heterocycles. The zero-order valence-corrected chi connectivity index (χ0v) is 14.5. The normalized spacial score (nSPS) is 12.2. The van der Waals surface area contributed by atoms with Crippen LogP contribution in [0.5, 0.6) is 0 Å². The van der Waals surface area contributed by atoms with E-state index in [0.29, 0.717) is 34.7 Å². The van der Waals surface area contributed by atoms with Crippen molar-refractivity contribution in [3.63, 3.8) is 0 Å². The number of halogens is 1. The highest BCUT2D eigenvalue weighted by molar-refractivity contribution is 5.97. The van der Waals surface area contributed by atoms with Crippen molar-refractivity contribution in [3.8, 4) is 11.5 Å². The van der Waals surface area contributed by atoms with E-state index in [2.05, 4.69) is 20.4 Å². The highest BCUT2D eigenvalue weighted by Gasteiger charge is 2.14. The van der Waals surface area contributed by atoms with Crippen LogP contribution in [0, 0.1) is 5.82 Å². The minimum Gasteiger partial charge on any atom is -0.436 e. The predicted octanol–water partition coefficient (Wildman–Crippen LogP) is 3.04. The highest BCUT2D eigenvalue weighted by atomic mass is 19.1. The van der Waals surface area contributed by atoms with E-state index in [0.717, 1.165) is 0 Å². The summed E-state index contributed by atoms with van der Waals surface area (Å²) in [5.41, 5.74) is 2.07. The van der Waals surface area contributed by atoms with Crippen LogP contribution in [0.15, 0.2) is 59.5 Å². The molecule has 2 heterocycles. The van der Waals surface area contributed by atoms with Gasteiger partial charge in [-0.3, -0.25) is 9.48 Å². The third-order valence-electron chi connectivity index (χ3n) is 4.03. The maximum Gasteiger partial charge on any atom is 0.251 e. The lowest BCUT2D eigenvalue weighted by Crippen LogP contribution is -2.35. The number of carbonyl (C=O) groups excluding carboxylic acids is 1. The average molecular weight is 365 g/mol. The fourth-order valence-electron chi connectivity index (χ4n) is 2.77. The van der Waals surface area contributed by atoms with E-state index in [1.165, 1.54) is 18.5 Å². The molecular weight excluding hydrogens is 349 g/mol. The van der Waals surface area contributed by atoms with Gasteiger partial charge < -0.3 is 9.73 Å². The molecule has 0 fully saturated rings. The number of nitrogens with one attached hydrogen (secondary N) is 1. The summed E-state index contributed by atoms with van der Waals surface area (Å²) in [5, 5.41) is 6.93. The molecule has 0 radical (unpaired) electrons. The molecular formula is C19H16FN5O2. The number of oxazole rings is 1. The molecule has 7 nitrogen and oxygen atoms in total. The molecule has 1 N–H and O–H groups in total. The number of rotatable bonds is 5. The summed E-state index contributed by atoms with van der Waals surface area (Å²) in [6, 6.07) is 10.9. The molecule has 0 bridgehead atoms. The Kier molecular flexibility index (Phi) is 4.37. The van der Waals surface area contributed by atoms with Crippen LogP contribution in [-0.4, -0.2) is 31.7 Å². The summed E-state index contributed by atoms with van der Waals surface area (Å²) in [6.45, 7) is 2.40. The SMILES string of the molecule is CC(Cn1cncn1)NC(=O)c1ccc2oc(-c3cccc(F)c3)nc2c1. The molecule has 2 aromatic heterocycles. The van der Waals surface area contributed by atoms with Gasteiger partial charge in [0.25, 0.3) is 5.91 Å². The van der Waals surface area contributed by atoms with Gasteiger partial charge in [0, 0.05) is 17.2 Å². The van der Waals surface area contributed by atoms with Crippen LogP contribution >= 0.6 is 0 Å². The van der Waals surface area contributed by atoms with E-state index in [4.69, 9.17) is 4.42 Å². The van der Waals surface area contributed by atoms with E-state index in [9.17, 15) is 9.18 Å². The molecule has 0 aliphatic heterocycles. The first kappa shape index (κ1) is 16.9. The second-order valence-corrected chi connectivity index (χ2v) is 6.20. The van der Waals surface area contributed by atoms with Gasteiger partial charge in [-0.1, -0.05) is 6.07 Å². The molecule has 1 atom stereocenters. The number of benzene rings is 2. The first-order chi connectivity index (χ1) is 13.1. The van der Waals surface area contributed by atoms with Gasteiger partial charge >= 0.3 is 0 Å². The summed E-state index contributed by atoms with van der Waals surface area (Å²) in [6.07, 6.45) is 3.04. The molecule has 27 heavy (non-hydrogen) atoms. The Balaban J connectivity index is 1.53. The summed E-state index contributed by atoms with van der Waals surface area (Å²) in [7, 11) is 0. The van der Waals surface area contributed by atoms with E-state index >= 15 is 0 Å². The summed E-state index contributed by atoms with van der Waals surface area (Å²) in [5.74, 6) is -0.280. The lowest BCUT2D eigenvalue weighted by atomic mass is 10.2. The van der Waals surface area contributed by atoms with Gasteiger partial charge in [-0.25, -0.2) is 14.4 Å². The van der Waals surface area contributed by atoms with Gasteiger partial charge in [0.15, 0.2) is 5.58 Å². The maximum absolute atomic E-state index is 13.4.